The van der Waals surface area contributed by atoms with Crippen molar-refractivity contribution >= 4 is 23.8 Å². The molecule has 1 aromatic carbocycles. The molecule has 1 aromatic rings. The third kappa shape index (κ3) is 7.90. The van der Waals surface area contributed by atoms with Gasteiger partial charge in [0.15, 0.2) is 0 Å². The zero-order valence-electron chi connectivity index (χ0n) is 16.0. The van der Waals surface area contributed by atoms with Gasteiger partial charge in [0.05, 0.1) is 12.5 Å². The van der Waals surface area contributed by atoms with Gasteiger partial charge in [-0.1, -0.05) is 30.3 Å². The Labute approximate surface area is 168 Å². The number of carboxylic acids is 1. The number of Topliss-reactive ketones (excluding diaryl/α,β-unsaturated/α-hetero) is 1. The van der Waals surface area contributed by atoms with Gasteiger partial charge < -0.3 is 25.6 Å². The highest BCUT2D eigenvalue weighted by Crippen LogP contribution is 2.24. The Morgan fingerprint density at radius 3 is 2.59 bits per heavy atom. The van der Waals surface area contributed by atoms with E-state index in [9.17, 15) is 29.4 Å². The zero-order chi connectivity index (χ0) is 21.2. The minimum absolute atomic E-state index is 0.0139. The summed E-state index contributed by atoms with van der Waals surface area (Å²) in [4.78, 5) is 46.8. The molecule has 1 saturated carbocycles. The van der Waals surface area contributed by atoms with Crippen LogP contribution < -0.4 is 10.6 Å². The first-order valence-corrected chi connectivity index (χ1v) is 9.51. The van der Waals surface area contributed by atoms with Crippen LogP contribution in [0.3, 0.4) is 0 Å². The first-order valence-electron chi connectivity index (χ1n) is 9.51. The Hall–Kier alpha value is -2.94. The average molecular weight is 406 g/mol. The molecule has 1 fully saturated rings. The fourth-order valence-corrected chi connectivity index (χ4v) is 3.22. The summed E-state index contributed by atoms with van der Waals surface area (Å²) in [6.07, 6.45) is -0.639. The normalized spacial score (nSPS) is 18.4. The lowest BCUT2D eigenvalue weighted by Gasteiger charge is -2.27. The number of nitrogens with one attached hydrogen (secondary N) is 2. The molecule has 4 N–H and O–H groups in total. The fraction of sp³-hybridized carbons (Fsp3) is 0.500. The first kappa shape index (κ1) is 22.4. The fourth-order valence-electron chi connectivity index (χ4n) is 3.22. The summed E-state index contributed by atoms with van der Waals surface area (Å²) in [7, 11) is 0. The topological polar surface area (TPSA) is 142 Å². The zero-order valence-corrected chi connectivity index (χ0v) is 16.0. The molecule has 0 spiro atoms. The Balaban J connectivity index is 1.72. The summed E-state index contributed by atoms with van der Waals surface area (Å²) in [5.41, 5.74) is 0.809. The summed E-state index contributed by atoms with van der Waals surface area (Å²) in [5.74, 6) is -2.35. The summed E-state index contributed by atoms with van der Waals surface area (Å²) < 4.78 is 5.00. The molecule has 9 heteroatoms. The van der Waals surface area contributed by atoms with Gasteiger partial charge in [-0.3, -0.25) is 9.59 Å². The van der Waals surface area contributed by atoms with Crippen molar-refractivity contribution in [2.75, 3.05) is 6.54 Å². The van der Waals surface area contributed by atoms with Crippen LogP contribution >= 0.6 is 0 Å². The second-order valence-electron chi connectivity index (χ2n) is 7.08. The third-order valence-corrected chi connectivity index (χ3v) is 4.69. The highest BCUT2D eigenvalue weighted by Gasteiger charge is 2.33. The maximum atomic E-state index is 12.1. The lowest BCUT2D eigenvalue weighted by atomic mass is 9.83. The van der Waals surface area contributed by atoms with E-state index in [0.29, 0.717) is 19.3 Å². The molecule has 0 radical (unpaired) electrons. The van der Waals surface area contributed by atoms with Crippen LogP contribution in [0.5, 0.6) is 0 Å². The van der Waals surface area contributed by atoms with Gasteiger partial charge in [-0.2, -0.15) is 0 Å². The van der Waals surface area contributed by atoms with Crippen molar-refractivity contribution in [3.05, 3.63) is 35.9 Å². The Kier molecular flexibility index (Phi) is 8.60. The number of hydrogen-bond acceptors (Lipinski definition) is 6. The maximum absolute atomic E-state index is 12.1. The molecule has 0 aliphatic heterocycles. The molecule has 2 amide bonds. The van der Waals surface area contributed by atoms with Crippen LogP contribution in [0, 0.1) is 5.92 Å². The van der Waals surface area contributed by atoms with E-state index in [-0.39, 0.29) is 31.8 Å². The quantitative estimate of drug-likeness (QED) is 0.479. The molecule has 9 nitrogen and oxygen atoms in total. The summed E-state index contributed by atoms with van der Waals surface area (Å²) in [6, 6.07) is 7.88. The monoisotopic (exact) mass is 406 g/mol. The molecule has 2 rings (SSSR count). The van der Waals surface area contributed by atoms with E-state index in [1.54, 1.807) is 12.1 Å². The van der Waals surface area contributed by atoms with E-state index in [0.717, 1.165) is 5.56 Å². The molecule has 0 unspecified atom stereocenters. The van der Waals surface area contributed by atoms with E-state index >= 15 is 0 Å². The van der Waals surface area contributed by atoms with Crippen molar-refractivity contribution < 1.29 is 34.1 Å². The maximum Gasteiger partial charge on any atom is 0.407 e. The minimum Gasteiger partial charge on any atom is -0.480 e. The van der Waals surface area contributed by atoms with Crippen LogP contribution in [0.25, 0.3) is 0 Å². The minimum atomic E-state index is -1.21. The molecular weight excluding hydrogens is 380 g/mol. The molecule has 0 aromatic heterocycles. The number of alkyl carbamates (subject to hydrolysis) is 1. The largest absolute Gasteiger partial charge is 0.480 e. The van der Waals surface area contributed by atoms with Crippen LogP contribution in [-0.2, 0) is 25.7 Å². The van der Waals surface area contributed by atoms with Crippen molar-refractivity contribution in [3.63, 3.8) is 0 Å². The summed E-state index contributed by atoms with van der Waals surface area (Å²) >= 11 is 0. The standard InChI is InChI=1S/C20H26N2O7/c23-15-8-4-7-14(9-15)18(19(26)27)22-17(25)10-16(24)11-21-20(28)29-12-13-5-2-1-3-6-13/h1-3,5-6,14,16,18,24H,4,7-12H2,(H,21,28)(H,22,25)(H,26,27)/t14-,16-,18-/m1/s1. The first-order chi connectivity index (χ1) is 13.8. The second kappa shape index (κ2) is 11.2. The molecule has 158 valence electrons. The summed E-state index contributed by atoms with van der Waals surface area (Å²) in [6.45, 7) is -0.148. The molecule has 0 heterocycles. The molecule has 0 saturated heterocycles. The second-order valence-corrected chi connectivity index (χ2v) is 7.08. The number of rotatable bonds is 9. The van der Waals surface area contributed by atoms with Crippen molar-refractivity contribution in [3.8, 4) is 0 Å². The predicted molar refractivity (Wildman–Crippen MR) is 102 cm³/mol. The number of ether oxygens (including phenoxy) is 1. The van der Waals surface area contributed by atoms with Crippen molar-refractivity contribution in [2.24, 2.45) is 5.92 Å². The van der Waals surface area contributed by atoms with Gasteiger partial charge in [0.25, 0.3) is 0 Å². The number of carboxylic acid groups (broad SMARTS) is 1. The molecule has 29 heavy (non-hydrogen) atoms. The number of aliphatic hydroxyl groups excluding tert-OH is 1. The smallest absolute Gasteiger partial charge is 0.407 e. The SMILES string of the molecule is O=C1CCC[C@@H]([C@@H](NC(=O)C[C@@H](O)CNC(=O)OCc2ccccc2)C(=O)O)C1. The van der Waals surface area contributed by atoms with E-state index in [1.165, 1.54) is 0 Å². The number of amides is 2. The molecular formula is C20H26N2O7. The molecule has 1 aliphatic rings. The van der Waals surface area contributed by atoms with Crippen LogP contribution in [-0.4, -0.2) is 52.7 Å². The predicted octanol–water partition coefficient (Wildman–Crippen LogP) is 0.992. The van der Waals surface area contributed by atoms with E-state index in [1.807, 2.05) is 18.2 Å². The van der Waals surface area contributed by atoms with E-state index in [4.69, 9.17) is 4.74 Å². The van der Waals surface area contributed by atoms with Gasteiger partial charge in [0, 0.05) is 19.4 Å². The average Bonchev–Trinajstić information content (AvgIpc) is 2.69. The highest BCUT2D eigenvalue weighted by atomic mass is 16.5. The number of carbonyl (C=O) groups excluding carboxylic acids is 3. The van der Waals surface area contributed by atoms with Gasteiger partial charge in [-0.15, -0.1) is 0 Å². The molecule has 1 aliphatic carbocycles. The lowest BCUT2D eigenvalue weighted by molar-refractivity contribution is -0.144. The van der Waals surface area contributed by atoms with Gasteiger partial charge in [-0.05, 0) is 24.3 Å². The van der Waals surface area contributed by atoms with Crippen LogP contribution in [0.15, 0.2) is 30.3 Å². The number of aliphatic hydroxyl groups is 1. The van der Waals surface area contributed by atoms with Crippen LogP contribution in [0.2, 0.25) is 0 Å². The number of benzene rings is 1. The lowest BCUT2D eigenvalue weighted by Crippen LogP contribution is -2.48. The van der Waals surface area contributed by atoms with E-state index < -0.39 is 36.0 Å². The summed E-state index contributed by atoms with van der Waals surface area (Å²) in [5, 5.41) is 24.0. The van der Waals surface area contributed by atoms with Gasteiger partial charge >= 0.3 is 12.1 Å². The number of carbonyl (C=O) groups is 4. The Morgan fingerprint density at radius 2 is 1.93 bits per heavy atom. The van der Waals surface area contributed by atoms with Gasteiger partial charge in [0.1, 0.15) is 18.4 Å². The van der Waals surface area contributed by atoms with Crippen molar-refractivity contribution in [1.29, 1.82) is 0 Å². The van der Waals surface area contributed by atoms with Gasteiger partial charge in [0.2, 0.25) is 5.91 Å². The third-order valence-electron chi connectivity index (χ3n) is 4.69. The van der Waals surface area contributed by atoms with Crippen LogP contribution in [0.1, 0.15) is 37.7 Å². The molecule has 3 atom stereocenters. The van der Waals surface area contributed by atoms with Gasteiger partial charge in [-0.25, -0.2) is 9.59 Å². The van der Waals surface area contributed by atoms with Crippen LogP contribution in [0.4, 0.5) is 4.79 Å². The number of hydrogen-bond donors (Lipinski definition) is 4. The molecule has 0 bridgehead atoms. The van der Waals surface area contributed by atoms with E-state index in [2.05, 4.69) is 10.6 Å². The van der Waals surface area contributed by atoms with Crippen molar-refractivity contribution in [2.45, 2.75) is 50.9 Å². The number of ketones is 1. The number of aliphatic carboxylic acids is 1. The van der Waals surface area contributed by atoms with Crippen molar-refractivity contribution in [1.82, 2.24) is 10.6 Å². The Morgan fingerprint density at radius 1 is 1.21 bits per heavy atom. The highest BCUT2D eigenvalue weighted by molar-refractivity contribution is 5.86. The Bertz CT molecular complexity index is 723.